The number of carbonyl (C=O) groups excluding carboxylic acids is 1. The van der Waals surface area contributed by atoms with Gasteiger partial charge in [0.05, 0.1) is 0 Å². The molecule has 4 heteroatoms. The molecule has 2 rings (SSSR count). The summed E-state index contributed by atoms with van der Waals surface area (Å²) in [6.45, 7) is 2.46. The van der Waals surface area contributed by atoms with E-state index in [-0.39, 0.29) is 12.0 Å². The lowest BCUT2D eigenvalue weighted by Crippen LogP contribution is -2.43. The highest BCUT2D eigenvalue weighted by Gasteiger charge is 2.30. The van der Waals surface area contributed by atoms with Crippen LogP contribution in [0, 0.1) is 5.92 Å². The van der Waals surface area contributed by atoms with Crippen LogP contribution in [0.5, 0.6) is 0 Å². The highest BCUT2D eigenvalue weighted by atomic mass is 35.5. The van der Waals surface area contributed by atoms with Gasteiger partial charge in [-0.25, -0.2) is 0 Å². The zero-order valence-electron chi connectivity index (χ0n) is 8.95. The van der Waals surface area contributed by atoms with E-state index in [1.807, 2.05) is 4.90 Å². The first kappa shape index (κ1) is 11.2. The molecule has 0 aliphatic carbocycles. The van der Waals surface area contributed by atoms with E-state index in [0.29, 0.717) is 5.92 Å². The van der Waals surface area contributed by atoms with Gasteiger partial charge in [0.2, 0.25) is 0 Å². The number of nitrogens with zero attached hydrogens (tertiary/aromatic N) is 1. The second-order valence-corrected chi connectivity index (χ2v) is 4.73. The molecule has 2 fully saturated rings. The number of hydrogen-bond donors (Lipinski definition) is 0. The van der Waals surface area contributed by atoms with E-state index < -0.39 is 0 Å². The van der Waals surface area contributed by atoms with E-state index in [2.05, 4.69) is 0 Å². The Morgan fingerprint density at radius 1 is 1.33 bits per heavy atom. The Balaban J connectivity index is 1.81. The molecule has 15 heavy (non-hydrogen) atoms. The van der Waals surface area contributed by atoms with E-state index in [1.165, 1.54) is 0 Å². The largest absolute Gasteiger partial charge is 0.368 e. The standard InChI is InChI=1S/C11H18ClNO2/c12-8-9-3-5-13(6-4-9)11(14)10-2-1-7-15-10/h9-10H,1-8H2. The molecule has 2 heterocycles. The first-order valence-corrected chi connectivity index (χ1v) is 6.31. The highest BCUT2D eigenvalue weighted by Crippen LogP contribution is 2.21. The van der Waals surface area contributed by atoms with Crippen LogP contribution in [0.15, 0.2) is 0 Å². The first-order valence-electron chi connectivity index (χ1n) is 5.77. The number of alkyl halides is 1. The van der Waals surface area contributed by atoms with Gasteiger partial charge in [-0.1, -0.05) is 0 Å². The van der Waals surface area contributed by atoms with Crippen LogP contribution in [-0.4, -0.2) is 42.5 Å². The minimum Gasteiger partial charge on any atom is -0.368 e. The second-order valence-electron chi connectivity index (χ2n) is 4.42. The number of ether oxygens (including phenoxy) is 1. The fourth-order valence-corrected chi connectivity index (χ4v) is 2.59. The maximum atomic E-state index is 12.0. The molecule has 0 aromatic rings. The molecule has 0 radical (unpaired) electrons. The van der Waals surface area contributed by atoms with Gasteiger partial charge in [-0.15, -0.1) is 11.6 Å². The maximum absolute atomic E-state index is 12.0. The normalized spacial score (nSPS) is 28.3. The molecule has 2 aliphatic heterocycles. The number of piperidine rings is 1. The number of rotatable bonds is 2. The van der Waals surface area contributed by atoms with Crippen LogP contribution in [0.2, 0.25) is 0 Å². The summed E-state index contributed by atoms with van der Waals surface area (Å²) in [5.41, 5.74) is 0. The maximum Gasteiger partial charge on any atom is 0.251 e. The van der Waals surface area contributed by atoms with Crippen LogP contribution >= 0.6 is 11.6 Å². The van der Waals surface area contributed by atoms with Gasteiger partial charge in [-0.3, -0.25) is 4.79 Å². The second kappa shape index (κ2) is 5.17. The Morgan fingerprint density at radius 2 is 2.07 bits per heavy atom. The van der Waals surface area contributed by atoms with Gasteiger partial charge in [0, 0.05) is 25.6 Å². The molecule has 0 aromatic carbocycles. The number of hydrogen-bond acceptors (Lipinski definition) is 2. The van der Waals surface area contributed by atoms with Crippen molar-refractivity contribution in [2.75, 3.05) is 25.6 Å². The Morgan fingerprint density at radius 3 is 2.60 bits per heavy atom. The zero-order chi connectivity index (χ0) is 10.7. The Labute approximate surface area is 95.7 Å². The summed E-state index contributed by atoms with van der Waals surface area (Å²) >= 11 is 5.81. The third-order valence-corrected chi connectivity index (χ3v) is 3.79. The quantitative estimate of drug-likeness (QED) is 0.677. The van der Waals surface area contributed by atoms with Crippen LogP contribution in [0.4, 0.5) is 0 Å². The SMILES string of the molecule is O=C(C1CCCO1)N1CCC(CCl)CC1. The summed E-state index contributed by atoms with van der Waals surface area (Å²) in [6, 6.07) is 0. The zero-order valence-corrected chi connectivity index (χ0v) is 9.71. The van der Waals surface area contributed by atoms with Crippen molar-refractivity contribution in [3.63, 3.8) is 0 Å². The molecule has 2 aliphatic rings. The average Bonchev–Trinajstić information content (AvgIpc) is 2.82. The predicted octanol–water partition coefficient (Wildman–Crippen LogP) is 1.64. The predicted molar refractivity (Wildman–Crippen MR) is 59.0 cm³/mol. The van der Waals surface area contributed by atoms with Crippen LogP contribution in [0.1, 0.15) is 25.7 Å². The smallest absolute Gasteiger partial charge is 0.251 e. The molecule has 0 bridgehead atoms. The van der Waals surface area contributed by atoms with E-state index in [1.54, 1.807) is 0 Å². The molecule has 2 saturated heterocycles. The van der Waals surface area contributed by atoms with Gasteiger partial charge in [0.15, 0.2) is 0 Å². The van der Waals surface area contributed by atoms with Gasteiger partial charge in [0.25, 0.3) is 5.91 Å². The molecule has 0 spiro atoms. The van der Waals surface area contributed by atoms with Crippen molar-refractivity contribution >= 4 is 17.5 Å². The van der Waals surface area contributed by atoms with Gasteiger partial charge in [-0.2, -0.15) is 0 Å². The summed E-state index contributed by atoms with van der Waals surface area (Å²) < 4.78 is 5.40. The fraction of sp³-hybridized carbons (Fsp3) is 0.909. The molecule has 0 N–H and O–H groups in total. The first-order chi connectivity index (χ1) is 7.31. The van der Waals surface area contributed by atoms with Crippen molar-refractivity contribution < 1.29 is 9.53 Å². The van der Waals surface area contributed by atoms with Crippen molar-refractivity contribution in [2.45, 2.75) is 31.8 Å². The van der Waals surface area contributed by atoms with Crippen molar-refractivity contribution in [3.05, 3.63) is 0 Å². The summed E-state index contributed by atoms with van der Waals surface area (Å²) in [5, 5.41) is 0. The monoisotopic (exact) mass is 231 g/mol. The van der Waals surface area contributed by atoms with Gasteiger partial charge >= 0.3 is 0 Å². The molecular weight excluding hydrogens is 214 g/mol. The summed E-state index contributed by atoms with van der Waals surface area (Å²) in [6.07, 6.45) is 3.85. The molecule has 0 aromatic heterocycles. The third kappa shape index (κ3) is 2.64. The summed E-state index contributed by atoms with van der Waals surface area (Å²) in [7, 11) is 0. The topological polar surface area (TPSA) is 29.5 Å². The van der Waals surface area contributed by atoms with Crippen LogP contribution in [-0.2, 0) is 9.53 Å². The molecular formula is C11H18ClNO2. The fourth-order valence-electron chi connectivity index (χ4n) is 2.28. The molecule has 0 saturated carbocycles. The molecule has 1 atom stereocenters. The molecule has 3 nitrogen and oxygen atoms in total. The van der Waals surface area contributed by atoms with Crippen LogP contribution < -0.4 is 0 Å². The van der Waals surface area contributed by atoms with Crippen LogP contribution in [0.25, 0.3) is 0 Å². The third-order valence-electron chi connectivity index (χ3n) is 3.35. The Kier molecular flexibility index (Phi) is 3.87. The van der Waals surface area contributed by atoms with E-state index in [0.717, 1.165) is 51.3 Å². The number of halogens is 1. The van der Waals surface area contributed by atoms with Crippen molar-refractivity contribution in [3.8, 4) is 0 Å². The molecule has 1 unspecified atom stereocenters. The van der Waals surface area contributed by atoms with Gasteiger partial charge in [0.1, 0.15) is 6.10 Å². The Hall–Kier alpha value is -0.280. The van der Waals surface area contributed by atoms with E-state index >= 15 is 0 Å². The Bertz CT molecular complexity index is 221. The molecule has 86 valence electrons. The van der Waals surface area contributed by atoms with E-state index in [4.69, 9.17) is 16.3 Å². The molecule has 1 amide bonds. The summed E-state index contributed by atoms with van der Waals surface area (Å²) in [4.78, 5) is 13.9. The minimum absolute atomic E-state index is 0.155. The highest BCUT2D eigenvalue weighted by molar-refractivity contribution is 6.18. The van der Waals surface area contributed by atoms with Crippen molar-refractivity contribution in [1.82, 2.24) is 4.90 Å². The number of amides is 1. The minimum atomic E-state index is -0.155. The van der Waals surface area contributed by atoms with E-state index in [9.17, 15) is 4.79 Å². The van der Waals surface area contributed by atoms with Gasteiger partial charge < -0.3 is 9.64 Å². The summed E-state index contributed by atoms with van der Waals surface area (Å²) in [5.74, 6) is 1.52. The van der Waals surface area contributed by atoms with Crippen LogP contribution in [0.3, 0.4) is 0 Å². The average molecular weight is 232 g/mol. The lowest BCUT2D eigenvalue weighted by Gasteiger charge is -2.32. The van der Waals surface area contributed by atoms with Crippen molar-refractivity contribution in [1.29, 1.82) is 0 Å². The number of carbonyl (C=O) groups is 1. The lowest BCUT2D eigenvalue weighted by atomic mass is 9.98. The lowest BCUT2D eigenvalue weighted by molar-refractivity contribution is -0.142. The van der Waals surface area contributed by atoms with Gasteiger partial charge in [-0.05, 0) is 31.6 Å². The number of likely N-dealkylation sites (tertiary alicyclic amines) is 1. The van der Waals surface area contributed by atoms with Crippen molar-refractivity contribution in [2.24, 2.45) is 5.92 Å².